The lowest BCUT2D eigenvalue weighted by Crippen LogP contribution is -2.54. The van der Waals surface area contributed by atoms with Gasteiger partial charge in [-0.3, -0.25) is 9.59 Å². The lowest BCUT2D eigenvalue weighted by molar-refractivity contribution is -0.130. The Morgan fingerprint density at radius 2 is 1.72 bits per heavy atom. The maximum atomic E-state index is 13.4. The van der Waals surface area contributed by atoms with Gasteiger partial charge in [0.1, 0.15) is 12.1 Å². The number of nitrogens with two attached hydrogens (primary N) is 1. The molecule has 1 heterocycles. The Morgan fingerprint density at radius 3 is 2.41 bits per heavy atom. The second kappa shape index (κ2) is 13.8. The van der Waals surface area contributed by atoms with E-state index in [-0.39, 0.29) is 46.2 Å². The van der Waals surface area contributed by atoms with Crippen LogP contribution in [0.5, 0.6) is 0 Å². The van der Waals surface area contributed by atoms with E-state index in [0.717, 1.165) is 20.6 Å². The zero-order valence-electron chi connectivity index (χ0n) is 21.1. The molecule has 0 bridgehead atoms. The third-order valence-corrected chi connectivity index (χ3v) is 8.84. The predicted molar refractivity (Wildman–Crippen MR) is 157 cm³/mol. The van der Waals surface area contributed by atoms with Crippen molar-refractivity contribution >= 4 is 68.2 Å². The lowest BCUT2D eigenvalue weighted by atomic mass is 10.0. The highest BCUT2D eigenvalue weighted by atomic mass is 35.5. The van der Waals surface area contributed by atoms with Crippen LogP contribution >= 0.6 is 35.6 Å². The van der Waals surface area contributed by atoms with Crippen molar-refractivity contribution in [2.45, 2.75) is 42.7 Å². The molecule has 1 aliphatic rings. The van der Waals surface area contributed by atoms with E-state index < -0.39 is 28.0 Å². The van der Waals surface area contributed by atoms with E-state index in [4.69, 9.17) is 28.9 Å². The Morgan fingerprint density at radius 1 is 1.03 bits per heavy atom. The maximum Gasteiger partial charge on any atom is 0.243 e. The quantitative estimate of drug-likeness (QED) is 0.300. The summed E-state index contributed by atoms with van der Waals surface area (Å²) >= 11 is 12.1. The van der Waals surface area contributed by atoms with Gasteiger partial charge in [0.15, 0.2) is 0 Å². The van der Waals surface area contributed by atoms with E-state index >= 15 is 0 Å². The van der Waals surface area contributed by atoms with Crippen LogP contribution in [-0.4, -0.2) is 56.3 Å². The van der Waals surface area contributed by atoms with Crippen molar-refractivity contribution in [3.05, 3.63) is 76.3 Å². The summed E-state index contributed by atoms with van der Waals surface area (Å²) in [6, 6.07) is 15.9. The van der Waals surface area contributed by atoms with Crippen molar-refractivity contribution in [3.63, 3.8) is 0 Å². The van der Waals surface area contributed by atoms with E-state index in [9.17, 15) is 18.0 Å². The second-order valence-electron chi connectivity index (χ2n) is 9.26. The zero-order chi connectivity index (χ0) is 27.3. The number of amides is 2. The van der Waals surface area contributed by atoms with Crippen LogP contribution in [0.3, 0.4) is 0 Å². The van der Waals surface area contributed by atoms with Gasteiger partial charge in [-0.05, 0) is 60.3 Å². The van der Waals surface area contributed by atoms with Crippen LogP contribution in [0.15, 0.2) is 65.6 Å². The van der Waals surface area contributed by atoms with Crippen LogP contribution < -0.4 is 16.4 Å². The predicted octanol–water partition coefficient (Wildman–Crippen LogP) is 3.91. The van der Waals surface area contributed by atoms with Gasteiger partial charge in [0.25, 0.3) is 0 Å². The first-order valence-corrected chi connectivity index (χ1v) is 14.6. The molecular weight excluding hydrogens is 583 g/mol. The third-order valence-electron chi connectivity index (χ3n) is 6.52. The van der Waals surface area contributed by atoms with E-state index in [0.29, 0.717) is 32.4 Å². The monoisotopic (exact) mass is 612 g/mol. The van der Waals surface area contributed by atoms with Crippen molar-refractivity contribution in [2.75, 3.05) is 19.6 Å². The van der Waals surface area contributed by atoms with Crippen molar-refractivity contribution < 1.29 is 18.0 Å². The summed E-state index contributed by atoms with van der Waals surface area (Å²) in [7, 11) is -4.05. The standard InChI is InChI=1S/C27H30Cl2N4O4S.ClH/c28-21-15-22(29)17-23(16-21)38(36,37)33-12-3-7-25(33)27(35)32-24(26(34)31-11-4-10-30)14-18-8-9-19-5-1-2-6-20(19)13-18;/h1-2,5-6,8-9,13,15-17,24-25H,3-4,7,10-12,14,30H2,(H,31,34)(H,32,35);1H/t24-,25?;/m1./s1. The van der Waals surface area contributed by atoms with Crippen molar-refractivity contribution in [3.8, 4) is 0 Å². The molecule has 1 aliphatic heterocycles. The van der Waals surface area contributed by atoms with Gasteiger partial charge in [0.2, 0.25) is 21.8 Å². The number of hydrogen-bond acceptors (Lipinski definition) is 5. The summed E-state index contributed by atoms with van der Waals surface area (Å²) < 4.78 is 28.0. The summed E-state index contributed by atoms with van der Waals surface area (Å²) in [5, 5.41) is 8.09. The van der Waals surface area contributed by atoms with Crippen LogP contribution in [0.2, 0.25) is 10.0 Å². The Hall–Kier alpha value is -2.40. The van der Waals surface area contributed by atoms with Gasteiger partial charge in [-0.15, -0.1) is 12.4 Å². The summed E-state index contributed by atoms with van der Waals surface area (Å²) in [5.74, 6) is -0.882. The number of nitrogens with zero attached hydrogens (tertiary/aromatic N) is 1. The van der Waals surface area contributed by atoms with Crippen LogP contribution in [0.4, 0.5) is 0 Å². The van der Waals surface area contributed by atoms with Crippen LogP contribution in [-0.2, 0) is 26.0 Å². The molecule has 2 amide bonds. The zero-order valence-corrected chi connectivity index (χ0v) is 24.3. The van der Waals surface area contributed by atoms with Crippen molar-refractivity contribution in [2.24, 2.45) is 5.73 Å². The number of nitrogens with one attached hydrogen (secondary N) is 2. The molecule has 1 unspecified atom stereocenters. The lowest BCUT2D eigenvalue weighted by Gasteiger charge is -2.26. The first-order valence-electron chi connectivity index (χ1n) is 12.4. The number of rotatable bonds is 10. The molecule has 0 saturated carbocycles. The molecular formula is C27H31Cl3N4O4S. The van der Waals surface area contributed by atoms with Crippen LogP contribution in [0.1, 0.15) is 24.8 Å². The smallest absolute Gasteiger partial charge is 0.243 e. The minimum Gasteiger partial charge on any atom is -0.354 e. The Balaban J connectivity index is 0.00000420. The average molecular weight is 614 g/mol. The number of carbonyl (C=O) groups excluding carboxylic acids is 2. The molecule has 3 aromatic rings. The van der Waals surface area contributed by atoms with Gasteiger partial charge in [0.05, 0.1) is 4.90 Å². The SMILES string of the molecule is Cl.NCCCNC(=O)[C@@H](Cc1ccc2ccccc2c1)NC(=O)C1CCCN1S(=O)(=O)c1cc(Cl)cc(Cl)c1. The molecule has 3 aromatic carbocycles. The van der Waals surface area contributed by atoms with Gasteiger partial charge in [0, 0.05) is 29.6 Å². The summed E-state index contributed by atoms with van der Waals surface area (Å²) in [5.41, 5.74) is 6.42. The van der Waals surface area contributed by atoms with Crippen molar-refractivity contribution in [1.82, 2.24) is 14.9 Å². The number of fused-ring (bicyclic) bond motifs is 1. The minimum atomic E-state index is -4.05. The van der Waals surface area contributed by atoms with Gasteiger partial charge in [-0.25, -0.2) is 8.42 Å². The third kappa shape index (κ3) is 7.63. The Kier molecular flexibility index (Phi) is 11.0. The molecule has 0 radical (unpaired) electrons. The highest BCUT2D eigenvalue weighted by Gasteiger charge is 2.40. The number of halogens is 3. The average Bonchev–Trinajstić information content (AvgIpc) is 3.39. The summed E-state index contributed by atoms with van der Waals surface area (Å²) in [4.78, 5) is 26.4. The van der Waals surface area contributed by atoms with E-state index in [1.54, 1.807) is 0 Å². The minimum absolute atomic E-state index is 0. The molecule has 1 saturated heterocycles. The highest BCUT2D eigenvalue weighted by molar-refractivity contribution is 7.89. The molecule has 0 aromatic heterocycles. The Labute approximate surface area is 244 Å². The molecule has 0 aliphatic carbocycles. The van der Waals surface area contributed by atoms with E-state index in [2.05, 4.69) is 10.6 Å². The maximum absolute atomic E-state index is 13.4. The van der Waals surface area contributed by atoms with Gasteiger partial charge < -0.3 is 16.4 Å². The summed E-state index contributed by atoms with van der Waals surface area (Å²) in [6.45, 7) is 0.964. The fraction of sp³-hybridized carbons (Fsp3) is 0.333. The fourth-order valence-electron chi connectivity index (χ4n) is 4.62. The van der Waals surface area contributed by atoms with Crippen LogP contribution in [0, 0.1) is 0 Å². The first kappa shape index (κ1) is 31.1. The number of carbonyl (C=O) groups is 2. The van der Waals surface area contributed by atoms with E-state index in [1.807, 2.05) is 42.5 Å². The summed E-state index contributed by atoms with van der Waals surface area (Å²) in [6.07, 6.45) is 1.67. The number of sulfonamides is 1. The highest BCUT2D eigenvalue weighted by Crippen LogP contribution is 2.30. The van der Waals surface area contributed by atoms with E-state index in [1.165, 1.54) is 18.2 Å². The molecule has 0 spiro atoms. The van der Waals surface area contributed by atoms with Gasteiger partial charge in [-0.2, -0.15) is 4.31 Å². The van der Waals surface area contributed by atoms with Gasteiger partial charge >= 0.3 is 0 Å². The normalized spacial score (nSPS) is 16.4. The molecule has 1 fully saturated rings. The second-order valence-corrected chi connectivity index (χ2v) is 12.0. The molecule has 210 valence electrons. The fourth-order valence-corrected chi connectivity index (χ4v) is 7.00. The Bertz CT molecular complexity index is 1420. The largest absolute Gasteiger partial charge is 0.354 e. The van der Waals surface area contributed by atoms with Crippen LogP contribution in [0.25, 0.3) is 10.8 Å². The number of benzene rings is 3. The molecule has 39 heavy (non-hydrogen) atoms. The molecule has 4 rings (SSSR count). The van der Waals surface area contributed by atoms with Gasteiger partial charge in [-0.1, -0.05) is 65.7 Å². The molecule has 4 N–H and O–H groups in total. The topological polar surface area (TPSA) is 122 Å². The molecule has 8 nitrogen and oxygen atoms in total. The first-order chi connectivity index (χ1) is 18.2. The molecule has 12 heteroatoms. The number of hydrogen-bond donors (Lipinski definition) is 3. The molecule has 2 atom stereocenters. The van der Waals surface area contributed by atoms with Crippen molar-refractivity contribution in [1.29, 1.82) is 0 Å².